The molecule has 0 radical (unpaired) electrons. The Bertz CT molecular complexity index is 1300. The molecular weight excluding hydrogens is 408 g/mol. The highest BCUT2D eigenvalue weighted by molar-refractivity contribution is 6.31. The number of hydrogen-bond donors (Lipinski definition) is 2. The summed E-state index contributed by atoms with van der Waals surface area (Å²) in [6.45, 7) is 6.24. The van der Waals surface area contributed by atoms with Gasteiger partial charge in [-0.3, -0.25) is 4.79 Å². The molecule has 0 fully saturated rings. The number of H-pyrrole nitrogens is 1. The lowest BCUT2D eigenvalue weighted by Crippen LogP contribution is -2.61. The lowest BCUT2D eigenvalue weighted by Gasteiger charge is -2.48. The third-order valence-corrected chi connectivity index (χ3v) is 6.21. The summed E-state index contributed by atoms with van der Waals surface area (Å²) in [4.78, 5) is 22.8. The van der Waals surface area contributed by atoms with Gasteiger partial charge in [0, 0.05) is 23.3 Å². The molecule has 4 aromatic rings. The molecule has 1 aliphatic rings. The topological polar surface area (TPSA) is 61.0 Å². The molecule has 2 N–H and O–H groups in total. The molecule has 1 amide bonds. The standard InChI is InChI=1S/C25H23ClN4O/c1-15(16-7-5-4-6-8-16)30-22-11-17(9-10-19(22)24(31)29-25(30,2)3)21-14-28-23-20(21)12-18(26)13-27-23/h4-15H,1-3H3,(H,27,28)(H,29,31)/t15-/m1/s1. The Labute approximate surface area is 186 Å². The number of carbonyl (C=O) groups excluding carboxylic acids is 1. The zero-order valence-electron chi connectivity index (χ0n) is 17.6. The first-order valence-corrected chi connectivity index (χ1v) is 10.7. The first-order valence-electron chi connectivity index (χ1n) is 10.3. The fraction of sp³-hybridized carbons (Fsp3) is 0.200. The molecule has 0 aliphatic carbocycles. The van der Waals surface area contributed by atoms with Gasteiger partial charge in [-0.15, -0.1) is 0 Å². The van der Waals surface area contributed by atoms with Crippen molar-refractivity contribution in [1.29, 1.82) is 0 Å². The molecular formula is C25H23ClN4O. The highest BCUT2D eigenvalue weighted by atomic mass is 35.5. The van der Waals surface area contributed by atoms with Gasteiger partial charge in [0.15, 0.2) is 0 Å². The van der Waals surface area contributed by atoms with E-state index < -0.39 is 5.66 Å². The van der Waals surface area contributed by atoms with Gasteiger partial charge < -0.3 is 15.2 Å². The number of halogens is 1. The third-order valence-electron chi connectivity index (χ3n) is 6.00. The molecule has 0 spiro atoms. The Balaban J connectivity index is 1.68. The monoisotopic (exact) mass is 430 g/mol. The molecule has 2 aromatic carbocycles. The van der Waals surface area contributed by atoms with Crippen molar-refractivity contribution in [2.45, 2.75) is 32.5 Å². The second-order valence-corrected chi connectivity index (χ2v) is 8.89. The molecule has 5 nitrogen and oxygen atoms in total. The molecule has 156 valence electrons. The second-order valence-electron chi connectivity index (χ2n) is 8.45. The summed E-state index contributed by atoms with van der Waals surface area (Å²) in [5, 5.41) is 4.70. The van der Waals surface area contributed by atoms with Gasteiger partial charge in [0.1, 0.15) is 11.3 Å². The number of benzene rings is 2. The van der Waals surface area contributed by atoms with E-state index in [0.717, 1.165) is 27.8 Å². The van der Waals surface area contributed by atoms with Gasteiger partial charge in [0.2, 0.25) is 0 Å². The van der Waals surface area contributed by atoms with Crippen LogP contribution in [0.25, 0.3) is 22.2 Å². The predicted molar refractivity (Wildman–Crippen MR) is 125 cm³/mol. The molecule has 0 saturated heterocycles. The van der Waals surface area contributed by atoms with Crippen molar-refractivity contribution in [2.75, 3.05) is 4.90 Å². The van der Waals surface area contributed by atoms with Crippen molar-refractivity contribution >= 4 is 34.2 Å². The van der Waals surface area contributed by atoms with Crippen LogP contribution in [0.3, 0.4) is 0 Å². The average molecular weight is 431 g/mol. The normalized spacial score (nSPS) is 16.1. The first-order chi connectivity index (χ1) is 14.8. The zero-order valence-corrected chi connectivity index (χ0v) is 18.4. The molecule has 1 aliphatic heterocycles. The van der Waals surface area contributed by atoms with Gasteiger partial charge in [-0.25, -0.2) is 4.98 Å². The van der Waals surface area contributed by atoms with E-state index in [2.05, 4.69) is 45.3 Å². The Morgan fingerprint density at radius 1 is 1.06 bits per heavy atom. The van der Waals surface area contributed by atoms with Crippen LogP contribution in [0.1, 0.15) is 42.7 Å². The Morgan fingerprint density at radius 3 is 2.61 bits per heavy atom. The summed E-state index contributed by atoms with van der Waals surface area (Å²) in [6.07, 6.45) is 3.57. The van der Waals surface area contributed by atoms with Crippen LogP contribution in [0.4, 0.5) is 5.69 Å². The van der Waals surface area contributed by atoms with Crippen LogP contribution in [0, 0.1) is 0 Å². The minimum Gasteiger partial charge on any atom is -0.346 e. The van der Waals surface area contributed by atoms with Crippen LogP contribution >= 0.6 is 11.6 Å². The van der Waals surface area contributed by atoms with Crippen molar-refractivity contribution in [2.24, 2.45) is 0 Å². The van der Waals surface area contributed by atoms with Crippen LogP contribution in [0.2, 0.25) is 5.02 Å². The minimum absolute atomic E-state index is 0.0601. The number of pyridine rings is 1. The van der Waals surface area contributed by atoms with Gasteiger partial charge >= 0.3 is 0 Å². The summed E-state index contributed by atoms with van der Waals surface area (Å²) in [5.41, 5.74) is 5.00. The zero-order chi connectivity index (χ0) is 21.8. The van der Waals surface area contributed by atoms with E-state index in [9.17, 15) is 4.79 Å². The van der Waals surface area contributed by atoms with Crippen LogP contribution in [-0.2, 0) is 0 Å². The number of anilines is 1. The Morgan fingerprint density at radius 2 is 1.84 bits per heavy atom. The van der Waals surface area contributed by atoms with E-state index in [1.165, 1.54) is 5.56 Å². The number of nitrogens with zero attached hydrogens (tertiary/aromatic N) is 2. The van der Waals surface area contributed by atoms with Gasteiger partial charge in [-0.05, 0) is 50.1 Å². The lowest BCUT2D eigenvalue weighted by atomic mass is 9.93. The quantitative estimate of drug-likeness (QED) is 0.423. The largest absolute Gasteiger partial charge is 0.346 e. The number of carbonyl (C=O) groups is 1. The van der Waals surface area contributed by atoms with E-state index in [1.54, 1.807) is 6.20 Å². The average Bonchev–Trinajstić information content (AvgIpc) is 3.16. The number of amides is 1. The molecule has 0 bridgehead atoms. The van der Waals surface area contributed by atoms with Gasteiger partial charge in [0.25, 0.3) is 5.91 Å². The fourth-order valence-electron chi connectivity index (χ4n) is 4.59. The summed E-state index contributed by atoms with van der Waals surface area (Å²) >= 11 is 6.20. The van der Waals surface area contributed by atoms with Crippen molar-refractivity contribution in [3.63, 3.8) is 0 Å². The van der Waals surface area contributed by atoms with Crippen molar-refractivity contribution < 1.29 is 4.79 Å². The minimum atomic E-state index is -0.553. The number of nitrogens with one attached hydrogen (secondary N) is 2. The molecule has 1 atom stereocenters. The van der Waals surface area contributed by atoms with E-state index in [0.29, 0.717) is 10.6 Å². The Hall–Kier alpha value is -3.31. The molecule has 31 heavy (non-hydrogen) atoms. The number of rotatable bonds is 3. The number of aromatic amines is 1. The highest BCUT2D eigenvalue weighted by Crippen LogP contribution is 2.41. The van der Waals surface area contributed by atoms with Crippen LogP contribution in [-0.4, -0.2) is 21.5 Å². The summed E-state index contributed by atoms with van der Waals surface area (Å²) in [6, 6.07) is 18.3. The van der Waals surface area contributed by atoms with Crippen molar-refractivity contribution in [3.8, 4) is 11.1 Å². The van der Waals surface area contributed by atoms with Crippen molar-refractivity contribution in [1.82, 2.24) is 15.3 Å². The molecule has 0 saturated carbocycles. The fourth-order valence-corrected chi connectivity index (χ4v) is 4.75. The van der Waals surface area contributed by atoms with Crippen LogP contribution < -0.4 is 10.2 Å². The van der Waals surface area contributed by atoms with E-state index >= 15 is 0 Å². The summed E-state index contributed by atoms with van der Waals surface area (Å²) in [5.74, 6) is -0.0632. The smallest absolute Gasteiger partial charge is 0.255 e. The number of fused-ring (bicyclic) bond motifs is 2. The highest BCUT2D eigenvalue weighted by Gasteiger charge is 2.39. The molecule has 6 heteroatoms. The second kappa shape index (κ2) is 7.13. The first kappa shape index (κ1) is 19.6. The van der Waals surface area contributed by atoms with E-state index in [1.807, 2.05) is 56.4 Å². The molecule has 0 unspecified atom stereocenters. The number of aromatic nitrogens is 2. The van der Waals surface area contributed by atoms with Gasteiger partial charge in [-0.1, -0.05) is 48.0 Å². The van der Waals surface area contributed by atoms with E-state index in [-0.39, 0.29) is 11.9 Å². The van der Waals surface area contributed by atoms with Crippen LogP contribution in [0.5, 0.6) is 0 Å². The maximum atomic E-state index is 12.9. The van der Waals surface area contributed by atoms with Crippen molar-refractivity contribution in [3.05, 3.63) is 83.1 Å². The third kappa shape index (κ3) is 3.26. The van der Waals surface area contributed by atoms with Crippen LogP contribution in [0.15, 0.2) is 67.0 Å². The maximum Gasteiger partial charge on any atom is 0.255 e. The summed E-state index contributed by atoms with van der Waals surface area (Å²) in [7, 11) is 0. The van der Waals surface area contributed by atoms with Gasteiger partial charge in [0.05, 0.1) is 22.3 Å². The molecule has 3 heterocycles. The van der Waals surface area contributed by atoms with E-state index in [4.69, 9.17) is 11.6 Å². The van der Waals surface area contributed by atoms with Gasteiger partial charge in [-0.2, -0.15) is 0 Å². The maximum absolute atomic E-state index is 12.9. The lowest BCUT2D eigenvalue weighted by molar-refractivity contribution is 0.0893. The summed E-state index contributed by atoms with van der Waals surface area (Å²) < 4.78 is 0. The SMILES string of the molecule is C[C@H](c1ccccc1)N1c2cc(-c3c[nH]c4ncc(Cl)cc34)ccc2C(=O)NC1(C)C. The molecule has 5 rings (SSSR count). The molecule has 2 aromatic heterocycles. The Kier molecular flexibility index (Phi) is 4.52. The predicted octanol–water partition coefficient (Wildman–Crippen LogP) is 5.93. The number of hydrogen-bond acceptors (Lipinski definition) is 3.